The topological polar surface area (TPSA) is 61.6 Å². The highest BCUT2D eigenvalue weighted by Gasteiger charge is 2.12. The highest BCUT2D eigenvalue weighted by Crippen LogP contribution is 2.12. The molecule has 2 amide bonds. The van der Waals surface area contributed by atoms with E-state index >= 15 is 0 Å². The first-order chi connectivity index (χ1) is 9.02. The zero-order chi connectivity index (χ0) is 14.3. The van der Waals surface area contributed by atoms with Crippen LogP contribution >= 0.6 is 0 Å². The number of benzene rings is 1. The molecule has 0 atom stereocenters. The van der Waals surface area contributed by atoms with Gasteiger partial charge in [0, 0.05) is 31.0 Å². The first-order valence-electron chi connectivity index (χ1n) is 6.59. The Hall–Kier alpha value is -1.75. The maximum absolute atomic E-state index is 12.2. The summed E-state index contributed by atoms with van der Waals surface area (Å²) in [5.74, 6) is 0. The molecule has 0 aliphatic rings. The maximum atomic E-state index is 12.2. The average Bonchev–Trinajstić information content (AvgIpc) is 2.34. The summed E-state index contributed by atoms with van der Waals surface area (Å²) < 4.78 is 0. The van der Waals surface area contributed by atoms with Gasteiger partial charge in [-0.1, -0.05) is 13.0 Å². The number of nitrogens with zero attached hydrogens (tertiary/aromatic N) is 2. The standard InChI is InChI=1S/C14H24N4O/c1-4-8-18(10-9-17(2)3)14(19)16-13-7-5-6-12(15)11-13/h5-7,11H,4,8-10,15H2,1-3H3,(H,16,19). The molecule has 5 heteroatoms. The van der Waals surface area contributed by atoms with Crippen LogP contribution in [0.15, 0.2) is 24.3 Å². The van der Waals surface area contributed by atoms with Crippen LogP contribution in [0.25, 0.3) is 0 Å². The maximum Gasteiger partial charge on any atom is 0.321 e. The molecule has 0 aliphatic heterocycles. The smallest absolute Gasteiger partial charge is 0.321 e. The Balaban J connectivity index is 2.60. The lowest BCUT2D eigenvalue weighted by molar-refractivity contribution is 0.205. The van der Waals surface area contributed by atoms with Gasteiger partial charge in [-0.25, -0.2) is 4.79 Å². The number of nitrogens with two attached hydrogens (primary N) is 1. The summed E-state index contributed by atoms with van der Waals surface area (Å²) >= 11 is 0. The largest absolute Gasteiger partial charge is 0.399 e. The SMILES string of the molecule is CCCN(CCN(C)C)C(=O)Nc1cccc(N)c1. The molecule has 106 valence electrons. The van der Waals surface area contributed by atoms with Gasteiger partial charge in [0.15, 0.2) is 0 Å². The highest BCUT2D eigenvalue weighted by molar-refractivity contribution is 5.89. The van der Waals surface area contributed by atoms with Crippen molar-refractivity contribution < 1.29 is 4.79 Å². The van der Waals surface area contributed by atoms with E-state index in [0.29, 0.717) is 5.69 Å². The zero-order valence-electron chi connectivity index (χ0n) is 12.0. The number of likely N-dealkylation sites (N-methyl/N-ethyl adjacent to an activating group) is 1. The molecule has 0 bridgehead atoms. The third-order valence-corrected chi connectivity index (χ3v) is 2.74. The van der Waals surface area contributed by atoms with Crippen LogP contribution in [0.2, 0.25) is 0 Å². The van der Waals surface area contributed by atoms with Crippen LogP contribution in [0, 0.1) is 0 Å². The highest BCUT2D eigenvalue weighted by atomic mass is 16.2. The Morgan fingerprint density at radius 3 is 2.58 bits per heavy atom. The number of urea groups is 1. The summed E-state index contributed by atoms with van der Waals surface area (Å²) in [6.45, 7) is 4.39. The van der Waals surface area contributed by atoms with Crippen molar-refractivity contribution >= 4 is 17.4 Å². The van der Waals surface area contributed by atoms with Crippen molar-refractivity contribution in [1.82, 2.24) is 9.80 Å². The number of amides is 2. The molecule has 0 aliphatic carbocycles. The molecule has 0 spiro atoms. The van der Waals surface area contributed by atoms with E-state index in [0.717, 1.165) is 31.7 Å². The molecule has 0 fully saturated rings. The molecular weight excluding hydrogens is 240 g/mol. The molecule has 1 aromatic carbocycles. The summed E-state index contributed by atoms with van der Waals surface area (Å²) in [5.41, 5.74) is 7.07. The fourth-order valence-electron chi connectivity index (χ4n) is 1.72. The van der Waals surface area contributed by atoms with Gasteiger partial charge in [-0.15, -0.1) is 0 Å². The van der Waals surface area contributed by atoms with Crippen molar-refractivity contribution in [2.24, 2.45) is 0 Å². The fraction of sp³-hybridized carbons (Fsp3) is 0.500. The minimum Gasteiger partial charge on any atom is -0.399 e. The first-order valence-corrected chi connectivity index (χ1v) is 6.59. The second-order valence-corrected chi connectivity index (χ2v) is 4.85. The molecule has 5 nitrogen and oxygen atoms in total. The van der Waals surface area contributed by atoms with Crippen LogP contribution in [-0.4, -0.2) is 49.6 Å². The van der Waals surface area contributed by atoms with Gasteiger partial charge in [-0.05, 0) is 38.7 Å². The molecule has 0 aromatic heterocycles. The van der Waals surface area contributed by atoms with Gasteiger partial charge in [0.25, 0.3) is 0 Å². The van der Waals surface area contributed by atoms with E-state index in [1.54, 1.807) is 12.1 Å². The van der Waals surface area contributed by atoms with Crippen molar-refractivity contribution in [2.45, 2.75) is 13.3 Å². The Bertz CT molecular complexity index is 406. The Kier molecular flexibility index (Phi) is 6.15. The quantitative estimate of drug-likeness (QED) is 0.773. The van der Waals surface area contributed by atoms with E-state index in [2.05, 4.69) is 17.1 Å². The zero-order valence-corrected chi connectivity index (χ0v) is 12.0. The summed E-state index contributed by atoms with van der Waals surface area (Å²) in [4.78, 5) is 16.1. The fourth-order valence-corrected chi connectivity index (χ4v) is 1.72. The predicted molar refractivity (Wildman–Crippen MR) is 80.3 cm³/mol. The Morgan fingerprint density at radius 2 is 2.00 bits per heavy atom. The molecule has 0 heterocycles. The Morgan fingerprint density at radius 1 is 1.26 bits per heavy atom. The third kappa shape index (κ3) is 5.61. The Labute approximate surface area is 115 Å². The summed E-state index contributed by atoms with van der Waals surface area (Å²) in [7, 11) is 4.00. The number of nitrogen functional groups attached to an aromatic ring is 1. The second kappa shape index (κ2) is 7.63. The molecule has 0 radical (unpaired) electrons. The van der Waals surface area contributed by atoms with E-state index in [1.807, 2.05) is 31.1 Å². The van der Waals surface area contributed by atoms with Crippen molar-refractivity contribution in [3.05, 3.63) is 24.3 Å². The number of rotatable bonds is 6. The third-order valence-electron chi connectivity index (χ3n) is 2.74. The lowest BCUT2D eigenvalue weighted by Gasteiger charge is -2.24. The second-order valence-electron chi connectivity index (χ2n) is 4.85. The average molecular weight is 264 g/mol. The lowest BCUT2D eigenvalue weighted by Crippen LogP contribution is -2.39. The van der Waals surface area contributed by atoms with Gasteiger partial charge in [-0.2, -0.15) is 0 Å². The normalized spacial score (nSPS) is 10.5. The number of hydrogen-bond donors (Lipinski definition) is 2. The van der Waals surface area contributed by atoms with Crippen LogP contribution in [0.1, 0.15) is 13.3 Å². The van der Waals surface area contributed by atoms with E-state index in [-0.39, 0.29) is 6.03 Å². The molecule has 19 heavy (non-hydrogen) atoms. The number of hydrogen-bond acceptors (Lipinski definition) is 3. The number of anilines is 2. The molecule has 0 saturated heterocycles. The van der Waals surface area contributed by atoms with Gasteiger partial charge in [-0.3, -0.25) is 0 Å². The van der Waals surface area contributed by atoms with E-state index in [4.69, 9.17) is 5.73 Å². The number of carbonyl (C=O) groups excluding carboxylic acids is 1. The van der Waals surface area contributed by atoms with Gasteiger partial charge < -0.3 is 20.9 Å². The van der Waals surface area contributed by atoms with Gasteiger partial charge in [0.05, 0.1) is 0 Å². The minimum absolute atomic E-state index is 0.0747. The van der Waals surface area contributed by atoms with Crippen LogP contribution in [0.4, 0.5) is 16.2 Å². The lowest BCUT2D eigenvalue weighted by atomic mass is 10.3. The van der Waals surface area contributed by atoms with Crippen molar-refractivity contribution in [2.75, 3.05) is 44.8 Å². The molecule has 1 aromatic rings. The van der Waals surface area contributed by atoms with Crippen LogP contribution < -0.4 is 11.1 Å². The summed E-state index contributed by atoms with van der Waals surface area (Å²) in [6, 6.07) is 7.15. The van der Waals surface area contributed by atoms with Crippen molar-refractivity contribution in [3.63, 3.8) is 0 Å². The molecule has 0 unspecified atom stereocenters. The van der Waals surface area contributed by atoms with E-state index < -0.39 is 0 Å². The monoisotopic (exact) mass is 264 g/mol. The molecular formula is C14H24N4O. The molecule has 3 N–H and O–H groups in total. The van der Waals surface area contributed by atoms with Crippen LogP contribution in [-0.2, 0) is 0 Å². The van der Waals surface area contributed by atoms with E-state index in [1.165, 1.54) is 0 Å². The van der Waals surface area contributed by atoms with Crippen LogP contribution in [0.3, 0.4) is 0 Å². The molecule has 1 rings (SSSR count). The first kappa shape index (κ1) is 15.3. The van der Waals surface area contributed by atoms with Crippen LogP contribution in [0.5, 0.6) is 0 Å². The summed E-state index contributed by atoms with van der Waals surface area (Å²) in [5, 5.41) is 2.88. The van der Waals surface area contributed by atoms with E-state index in [9.17, 15) is 4.79 Å². The minimum atomic E-state index is -0.0747. The number of nitrogens with one attached hydrogen (secondary N) is 1. The predicted octanol–water partition coefficient (Wildman–Crippen LogP) is 2.07. The van der Waals surface area contributed by atoms with Gasteiger partial charge >= 0.3 is 6.03 Å². The van der Waals surface area contributed by atoms with Crippen molar-refractivity contribution in [3.8, 4) is 0 Å². The van der Waals surface area contributed by atoms with Crippen molar-refractivity contribution in [1.29, 1.82) is 0 Å². The van der Waals surface area contributed by atoms with Gasteiger partial charge in [0.1, 0.15) is 0 Å². The van der Waals surface area contributed by atoms with Gasteiger partial charge in [0.2, 0.25) is 0 Å². The summed E-state index contributed by atoms with van der Waals surface area (Å²) in [6.07, 6.45) is 0.942. The molecule has 0 saturated carbocycles. The number of carbonyl (C=O) groups is 1.